The number of nitrogens with one attached hydrogen (secondary N) is 1. The zero-order chi connectivity index (χ0) is 20.5. The van der Waals surface area contributed by atoms with Crippen LogP contribution in [0.3, 0.4) is 0 Å². The number of rotatable bonds is 5. The van der Waals surface area contributed by atoms with Gasteiger partial charge in [0.25, 0.3) is 0 Å². The van der Waals surface area contributed by atoms with E-state index >= 15 is 0 Å². The number of nitrogens with zero attached hydrogens (tertiary/aromatic N) is 2. The highest BCUT2D eigenvalue weighted by Gasteiger charge is 2.23. The van der Waals surface area contributed by atoms with Gasteiger partial charge in [0.2, 0.25) is 5.91 Å². The van der Waals surface area contributed by atoms with E-state index in [2.05, 4.69) is 16.0 Å². The van der Waals surface area contributed by atoms with Gasteiger partial charge >= 0.3 is 0 Å². The van der Waals surface area contributed by atoms with E-state index in [1.54, 1.807) is 0 Å². The smallest absolute Gasteiger partial charge is 0.225 e. The Morgan fingerprint density at radius 3 is 2.73 bits per heavy atom. The van der Waals surface area contributed by atoms with E-state index in [0.717, 1.165) is 40.2 Å². The van der Waals surface area contributed by atoms with Crippen LogP contribution in [0.25, 0.3) is 11.0 Å². The first-order valence-electron chi connectivity index (χ1n) is 10.2. The van der Waals surface area contributed by atoms with Crippen molar-refractivity contribution in [1.82, 2.24) is 14.9 Å². The van der Waals surface area contributed by atoms with Crippen molar-refractivity contribution in [3.63, 3.8) is 0 Å². The van der Waals surface area contributed by atoms with Crippen molar-refractivity contribution in [2.24, 2.45) is 7.05 Å². The Hall–Kier alpha value is -3.60. The van der Waals surface area contributed by atoms with Gasteiger partial charge in [-0.05, 0) is 34.9 Å². The maximum absolute atomic E-state index is 13.0. The van der Waals surface area contributed by atoms with Gasteiger partial charge in [-0.2, -0.15) is 0 Å². The first-order chi connectivity index (χ1) is 14.7. The molecule has 0 radical (unpaired) electrons. The minimum Gasteiger partial charge on any atom is -0.493 e. The quantitative estimate of drug-likeness (QED) is 0.555. The molecule has 1 aliphatic heterocycles. The van der Waals surface area contributed by atoms with Crippen molar-refractivity contribution < 1.29 is 9.53 Å². The molecule has 1 unspecified atom stereocenters. The zero-order valence-corrected chi connectivity index (χ0v) is 16.8. The van der Waals surface area contributed by atoms with Crippen molar-refractivity contribution >= 4 is 16.9 Å². The fourth-order valence-electron chi connectivity index (χ4n) is 4.11. The second kappa shape index (κ2) is 7.67. The lowest BCUT2D eigenvalue weighted by atomic mass is 10.0. The summed E-state index contributed by atoms with van der Waals surface area (Å²) in [7, 11) is 1.99. The van der Waals surface area contributed by atoms with Gasteiger partial charge in [-0.3, -0.25) is 4.79 Å². The molecule has 3 aromatic carbocycles. The minimum absolute atomic E-state index is 0.0326. The molecule has 4 aromatic rings. The van der Waals surface area contributed by atoms with E-state index < -0.39 is 0 Å². The lowest BCUT2D eigenvalue weighted by molar-refractivity contribution is -0.121. The SMILES string of the molecule is Cn1c(C(NC(=O)Cc2ccc3c(c2)CCO3)c2ccccc2)nc2ccccc21. The number of para-hydroxylation sites is 2. The van der Waals surface area contributed by atoms with E-state index in [-0.39, 0.29) is 11.9 Å². The van der Waals surface area contributed by atoms with Gasteiger partial charge in [0.1, 0.15) is 17.6 Å². The number of aromatic nitrogens is 2. The second-order valence-electron chi connectivity index (χ2n) is 7.65. The van der Waals surface area contributed by atoms with Gasteiger partial charge in [0.05, 0.1) is 24.1 Å². The number of hydrogen-bond acceptors (Lipinski definition) is 3. The Bertz CT molecular complexity index is 1210. The highest BCUT2D eigenvalue weighted by Crippen LogP contribution is 2.27. The molecule has 1 atom stereocenters. The number of amides is 1. The van der Waals surface area contributed by atoms with Crippen LogP contribution in [-0.4, -0.2) is 22.1 Å². The first-order valence-corrected chi connectivity index (χ1v) is 10.2. The summed E-state index contributed by atoms with van der Waals surface area (Å²) in [6, 6.07) is 23.7. The molecule has 5 rings (SSSR count). The Kier molecular flexibility index (Phi) is 4.71. The maximum Gasteiger partial charge on any atom is 0.225 e. The van der Waals surface area contributed by atoms with Crippen molar-refractivity contribution in [2.75, 3.05) is 6.61 Å². The molecule has 0 aliphatic carbocycles. The maximum atomic E-state index is 13.0. The average molecular weight is 397 g/mol. The van der Waals surface area contributed by atoms with E-state index in [4.69, 9.17) is 9.72 Å². The number of fused-ring (bicyclic) bond motifs is 2. The van der Waals surface area contributed by atoms with Gasteiger partial charge < -0.3 is 14.6 Å². The number of benzene rings is 3. The van der Waals surface area contributed by atoms with E-state index in [1.165, 1.54) is 5.56 Å². The predicted molar refractivity (Wildman–Crippen MR) is 116 cm³/mol. The molecular formula is C25H23N3O2. The first kappa shape index (κ1) is 18.4. The lowest BCUT2D eigenvalue weighted by Gasteiger charge is -2.19. The van der Waals surface area contributed by atoms with E-state index in [1.807, 2.05) is 73.8 Å². The molecule has 0 spiro atoms. The predicted octanol–water partition coefficient (Wildman–Crippen LogP) is 3.96. The fourth-order valence-corrected chi connectivity index (χ4v) is 4.11. The number of imidazole rings is 1. The molecule has 2 heterocycles. The van der Waals surface area contributed by atoms with Gasteiger partial charge in [-0.15, -0.1) is 0 Å². The Morgan fingerprint density at radius 1 is 1.10 bits per heavy atom. The van der Waals surface area contributed by atoms with Crippen molar-refractivity contribution in [2.45, 2.75) is 18.9 Å². The third-order valence-corrected chi connectivity index (χ3v) is 5.64. The average Bonchev–Trinajstić information content (AvgIpc) is 3.37. The molecule has 5 heteroatoms. The Balaban J connectivity index is 1.45. The van der Waals surface area contributed by atoms with Crippen LogP contribution >= 0.6 is 0 Å². The molecule has 150 valence electrons. The van der Waals surface area contributed by atoms with Crippen LogP contribution in [0.4, 0.5) is 0 Å². The summed E-state index contributed by atoms with van der Waals surface area (Å²) in [5, 5.41) is 3.21. The summed E-state index contributed by atoms with van der Waals surface area (Å²) in [5.41, 5.74) is 5.14. The molecule has 1 aliphatic rings. The van der Waals surface area contributed by atoms with Gasteiger partial charge in [0.15, 0.2) is 0 Å². The number of carbonyl (C=O) groups excluding carboxylic acids is 1. The van der Waals surface area contributed by atoms with Crippen molar-refractivity contribution in [3.05, 3.63) is 95.3 Å². The van der Waals surface area contributed by atoms with Crippen molar-refractivity contribution in [3.8, 4) is 5.75 Å². The molecule has 30 heavy (non-hydrogen) atoms. The van der Waals surface area contributed by atoms with Crippen molar-refractivity contribution in [1.29, 1.82) is 0 Å². The lowest BCUT2D eigenvalue weighted by Crippen LogP contribution is -2.32. The second-order valence-corrected chi connectivity index (χ2v) is 7.65. The van der Waals surface area contributed by atoms with Gasteiger partial charge in [-0.25, -0.2) is 4.98 Å². The Labute approximate surface area is 175 Å². The van der Waals surface area contributed by atoms with E-state index in [9.17, 15) is 4.79 Å². The molecule has 1 aromatic heterocycles. The van der Waals surface area contributed by atoms with Crippen LogP contribution in [-0.2, 0) is 24.7 Å². The number of carbonyl (C=O) groups is 1. The van der Waals surface area contributed by atoms with Crippen LogP contribution in [0, 0.1) is 0 Å². The molecule has 0 fully saturated rings. The fraction of sp³-hybridized carbons (Fsp3) is 0.200. The summed E-state index contributed by atoms with van der Waals surface area (Å²) >= 11 is 0. The molecule has 1 amide bonds. The third-order valence-electron chi connectivity index (χ3n) is 5.64. The van der Waals surface area contributed by atoms with Crippen LogP contribution in [0.1, 0.15) is 28.6 Å². The molecule has 0 bridgehead atoms. The summed E-state index contributed by atoms with van der Waals surface area (Å²) in [6.45, 7) is 0.716. The van der Waals surface area contributed by atoms with Crippen LogP contribution in [0.2, 0.25) is 0 Å². The highest BCUT2D eigenvalue weighted by atomic mass is 16.5. The standard InChI is InChI=1S/C25H23N3O2/c1-28-21-10-6-5-9-20(21)26-25(28)24(18-7-3-2-4-8-18)27-23(29)16-17-11-12-22-19(15-17)13-14-30-22/h2-12,15,24H,13-14,16H2,1H3,(H,27,29). The third kappa shape index (κ3) is 3.43. The molecule has 0 saturated carbocycles. The van der Waals surface area contributed by atoms with Crippen LogP contribution in [0.5, 0.6) is 5.75 Å². The molecule has 5 nitrogen and oxygen atoms in total. The monoisotopic (exact) mass is 397 g/mol. The molecule has 0 saturated heterocycles. The van der Waals surface area contributed by atoms with Crippen LogP contribution in [0.15, 0.2) is 72.8 Å². The number of hydrogen-bond donors (Lipinski definition) is 1. The van der Waals surface area contributed by atoms with E-state index in [0.29, 0.717) is 13.0 Å². The normalized spacial score (nSPS) is 13.6. The summed E-state index contributed by atoms with van der Waals surface area (Å²) < 4.78 is 7.62. The number of aryl methyl sites for hydroxylation is 1. The number of ether oxygens (including phenoxy) is 1. The topological polar surface area (TPSA) is 56.2 Å². The van der Waals surface area contributed by atoms with Gasteiger partial charge in [-0.1, -0.05) is 54.6 Å². The summed E-state index contributed by atoms with van der Waals surface area (Å²) in [5.74, 6) is 1.72. The molecule has 1 N–H and O–H groups in total. The largest absolute Gasteiger partial charge is 0.493 e. The highest BCUT2D eigenvalue weighted by molar-refractivity contribution is 5.80. The molecular weight excluding hydrogens is 374 g/mol. The zero-order valence-electron chi connectivity index (χ0n) is 16.8. The summed E-state index contributed by atoms with van der Waals surface area (Å²) in [6.07, 6.45) is 1.22. The van der Waals surface area contributed by atoms with Gasteiger partial charge in [0, 0.05) is 13.5 Å². The van der Waals surface area contributed by atoms with Crippen LogP contribution < -0.4 is 10.1 Å². The Morgan fingerprint density at radius 2 is 1.90 bits per heavy atom. The summed E-state index contributed by atoms with van der Waals surface area (Å²) in [4.78, 5) is 17.8. The minimum atomic E-state index is -0.325.